The molecule has 0 fully saturated rings. The van der Waals surface area contributed by atoms with Crippen molar-refractivity contribution in [3.8, 4) is 5.75 Å². The maximum Gasteiger partial charge on any atom is 0.216 e. The third-order valence-electron chi connectivity index (χ3n) is 3.08. The van der Waals surface area contributed by atoms with E-state index in [0.29, 0.717) is 6.61 Å². The van der Waals surface area contributed by atoms with E-state index in [1.54, 1.807) is 0 Å². The highest BCUT2D eigenvalue weighted by molar-refractivity contribution is 5.95. The van der Waals surface area contributed by atoms with Crippen molar-refractivity contribution >= 4 is 5.90 Å². The molecule has 3 nitrogen and oxygen atoms in total. The van der Waals surface area contributed by atoms with Crippen molar-refractivity contribution in [1.29, 1.82) is 0 Å². The topological polar surface area (TPSA) is 30.8 Å². The number of aliphatic imine (C=N–C) groups is 1. The summed E-state index contributed by atoms with van der Waals surface area (Å²) in [5.41, 5.74) is 0.913. The lowest BCUT2D eigenvalue weighted by molar-refractivity contribution is 0.279. The second-order valence-corrected chi connectivity index (χ2v) is 5.60. The van der Waals surface area contributed by atoms with E-state index in [2.05, 4.69) is 25.8 Å². The summed E-state index contributed by atoms with van der Waals surface area (Å²) in [7, 11) is 0. The lowest BCUT2D eigenvalue weighted by Crippen LogP contribution is -2.17. The number of nitrogens with zero attached hydrogens (tertiary/aromatic N) is 1. The Bertz CT molecular complexity index is 435. The van der Waals surface area contributed by atoms with Gasteiger partial charge in [-0.3, -0.25) is 0 Å². The quantitative estimate of drug-likeness (QED) is 0.729. The van der Waals surface area contributed by atoms with E-state index >= 15 is 0 Å². The number of hydrogen-bond acceptors (Lipinski definition) is 3. The molecule has 2 rings (SSSR count). The SMILES string of the molecule is CCCCCOc1ccc(C2=NC(C)(C)CO2)cc1. The van der Waals surface area contributed by atoms with Crippen molar-refractivity contribution in [1.82, 2.24) is 0 Å². The second kappa shape index (κ2) is 6.09. The number of rotatable bonds is 6. The van der Waals surface area contributed by atoms with Gasteiger partial charge in [0.25, 0.3) is 0 Å². The molecular weight excluding hydrogens is 238 g/mol. The molecule has 3 heteroatoms. The standard InChI is InChI=1S/C16H23NO2/c1-4-5-6-11-18-14-9-7-13(8-10-14)15-17-16(2,3)12-19-15/h7-10H,4-6,11-12H2,1-3H3. The Morgan fingerprint density at radius 2 is 1.95 bits per heavy atom. The van der Waals surface area contributed by atoms with Gasteiger partial charge in [0.1, 0.15) is 12.4 Å². The second-order valence-electron chi connectivity index (χ2n) is 5.60. The van der Waals surface area contributed by atoms with Crippen LogP contribution in [-0.4, -0.2) is 24.7 Å². The predicted molar refractivity (Wildman–Crippen MR) is 78.0 cm³/mol. The fourth-order valence-electron chi connectivity index (χ4n) is 1.97. The minimum atomic E-state index is -0.106. The molecule has 0 saturated heterocycles. The molecule has 19 heavy (non-hydrogen) atoms. The first-order valence-electron chi connectivity index (χ1n) is 7.06. The largest absolute Gasteiger partial charge is 0.494 e. The van der Waals surface area contributed by atoms with Gasteiger partial charge in [-0.1, -0.05) is 19.8 Å². The first-order chi connectivity index (χ1) is 9.11. The molecule has 0 N–H and O–H groups in total. The first kappa shape index (κ1) is 13.9. The maximum atomic E-state index is 5.69. The van der Waals surface area contributed by atoms with E-state index in [-0.39, 0.29) is 5.54 Å². The van der Waals surface area contributed by atoms with Crippen LogP contribution in [0.2, 0.25) is 0 Å². The third-order valence-corrected chi connectivity index (χ3v) is 3.08. The van der Waals surface area contributed by atoms with Crippen LogP contribution in [0.3, 0.4) is 0 Å². The summed E-state index contributed by atoms with van der Waals surface area (Å²) in [4.78, 5) is 4.56. The van der Waals surface area contributed by atoms with Gasteiger partial charge in [-0.15, -0.1) is 0 Å². The van der Waals surface area contributed by atoms with E-state index in [1.165, 1.54) is 12.8 Å². The van der Waals surface area contributed by atoms with Gasteiger partial charge >= 0.3 is 0 Å². The van der Waals surface area contributed by atoms with E-state index in [9.17, 15) is 0 Å². The van der Waals surface area contributed by atoms with Crippen molar-refractivity contribution in [2.75, 3.05) is 13.2 Å². The lowest BCUT2D eigenvalue weighted by Gasteiger charge is -2.07. The zero-order valence-electron chi connectivity index (χ0n) is 12.1. The van der Waals surface area contributed by atoms with Gasteiger partial charge in [0.05, 0.1) is 12.1 Å². The van der Waals surface area contributed by atoms with Gasteiger partial charge in [-0.2, -0.15) is 0 Å². The molecule has 0 amide bonds. The van der Waals surface area contributed by atoms with Crippen molar-refractivity contribution in [2.24, 2.45) is 4.99 Å². The number of hydrogen-bond donors (Lipinski definition) is 0. The molecule has 1 heterocycles. The lowest BCUT2D eigenvalue weighted by atomic mass is 10.1. The molecule has 1 aliphatic heterocycles. The summed E-state index contributed by atoms with van der Waals surface area (Å²) < 4.78 is 11.3. The molecule has 0 radical (unpaired) electrons. The normalized spacial score (nSPS) is 16.9. The monoisotopic (exact) mass is 261 g/mol. The van der Waals surface area contributed by atoms with Crippen LogP contribution in [0.4, 0.5) is 0 Å². The third kappa shape index (κ3) is 3.98. The predicted octanol–water partition coefficient (Wildman–Crippen LogP) is 3.81. The van der Waals surface area contributed by atoms with Crippen LogP contribution in [0.15, 0.2) is 29.3 Å². The van der Waals surface area contributed by atoms with Crippen molar-refractivity contribution in [3.63, 3.8) is 0 Å². The molecule has 0 unspecified atom stereocenters. The van der Waals surface area contributed by atoms with Gasteiger partial charge < -0.3 is 9.47 Å². The molecule has 1 aromatic carbocycles. The van der Waals surface area contributed by atoms with Crippen LogP contribution < -0.4 is 4.74 Å². The van der Waals surface area contributed by atoms with Crippen molar-refractivity contribution < 1.29 is 9.47 Å². The Kier molecular flexibility index (Phi) is 4.46. The minimum absolute atomic E-state index is 0.106. The summed E-state index contributed by atoms with van der Waals surface area (Å²) >= 11 is 0. The highest BCUT2D eigenvalue weighted by Crippen LogP contribution is 2.22. The number of ether oxygens (including phenoxy) is 2. The highest BCUT2D eigenvalue weighted by atomic mass is 16.5. The van der Waals surface area contributed by atoms with Gasteiger partial charge in [0, 0.05) is 5.56 Å². The summed E-state index contributed by atoms with van der Waals surface area (Å²) in [6, 6.07) is 7.99. The average Bonchev–Trinajstić information content (AvgIpc) is 2.76. The molecule has 0 aliphatic carbocycles. The number of unbranched alkanes of at least 4 members (excludes halogenated alkanes) is 2. The van der Waals surface area contributed by atoms with Crippen LogP contribution >= 0.6 is 0 Å². The van der Waals surface area contributed by atoms with Crippen LogP contribution in [0, 0.1) is 0 Å². The zero-order valence-corrected chi connectivity index (χ0v) is 12.1. The molecule has 104 valence electrons. The molecule has 1 aliphatic rings. The van der Waals surface area contributed by atoms with Gasteiger partial charge in [-0.05, 0) is 44.5 Å². The molecule has 0 saturated carbocycles. The highest BCUT2D eigenvalue weighted by Gasteiger charge is 2.26. The summed E-state index contributed by atoms with van der Waals surface area (Å²) in [6.07, 6.45) is 3.55. The maximum absolute atomic E-state index is 5.69. The van der Waals surface area contributed by atoms with Crippen LogP contribution in [0.1, 0.15) is 45.6 Å². The van der Waals surface area contributed by atoms with Crippen LogP contribution in [0.25, 0.3) is 0 Å². The van der Waals surface area contributed by atoms with E-state index in [0.717, 1.165) is 30.2 Å². The molecular formula is C16H23NO2. The summed E-state index contributed by atoms with van der Waals surface area (Å²) in [5, 5.41) is 0. The van der Waals surface area contributed by atoms with E-state index in [1.807, 2.05) is 24.3 Å². The smallest absolute Gasteiger partial charge is 0.216 e. The van der Waals surface area contributed by atoms with Crippen LogP contribution in [0.5, 0.6) is 5.75 Å². The van der Waals surface area contributed by atoms with Gasteiger partial charge in [-0.25, -0.2) is 4.99 Å². The molecule has 0 aromatic heterocycles. The van der Waals surface area contributed by atoms with E-state index < -0.39 is 0 Å². The Morgan fingerprint density at radius 3 is 2.53 bits per heavy atom. The molecule has 0 spiro atoms. The fourth-order valence-corrected chi connectivity index (χ4v) is 1.97. The van der Waals surface area contributed by atoms with Crippen molar-refractivity contribution in [2.45, 2.75) is 45.6 Å². The Labute approximate surface area is 115 Å². The molecule has 1 aromatic rings. The van der Waals surface area contributed by atoms with Crippen LogP contribution in [-0.2, 0) is 4.74 Å². The Balaban J connectivity index is 1.92. The Hall–Kier alpha value is -1.51. The fraction of sp³-hybridized carbons (Fsp3) is 0.562. The van der Waals surface area contributed by atoms with Crippen molar-refractivity contribution in [3.05, 3.63) is 29.8 Å². The Morgan fingerprint density at radius 1 is 1.21 bits per heavy atom. The summed E-state index contributed by atoms with van der Waals surface area (Å²) in [5.74, 6) is 1.65. The zero-order chi connectivity index (χ0) is 13.7. The molecule has 0 bridgehead atoms. The number of benzene rings is 1. The van der Waals surface area contributed by atoms with E-state index in [4.69, 9.17) is 9.47 Å². The molecule has 0 atom stereocenters. The summed E-state index contributed by atoms with van der Waals surface area (Å²) in [6.45, 7) is 7.78. The minimum Gasteiger partial charge on any atom is -0.494 e. The van der Waals surface area contributed by atoms with Gasteiger partial charge in [0.2, 0.25) is 5.90 Å². The van der Waals surface area contributed by atoms with Gasteiger partial charge in [0.15, 0.2) is 0 Å². The average molecular weight is 261 g/mol. The first-order valence-corrected chi connectivity index (χ1v) is 7.06.